The second-order valence-corrected chi connectivity index (χ2v) is 7.07. The molecule has 1 fully saturated rings. The number of ether oxygens (including phenoxy) is 2. The molecule has 6 nitrogen and oxygen atoms in total. The van der Waals surface area contributed by atoms with Gasteiger partial charge in [-0.2, -0.15) is 0 Å². The van der Waals surface area contributed by atoms with Gasteiger partial charge in [0.1, 0.15) is 11.5 Å². The first-order chi connectivity index (χ1) is 13.5. The highest BCUT2D eigenvalue weighted by atomic mass is 16.5. The van der Waals surface area contributed by atoms with Crippen LogP contribution in [0.1, 0.15) is 30.1 Å². The number of carbonyl (C=O) groups is 2. The zero-order valence-electron chi connectivity index (χ0n) is 16.3. The molecule has 6 heteroatoms. The zero-order valence-corrected chi connectivity index (χ0v) is 16.3. The molecule has 0 unspecified atom stereocenters. The van der Waals surface area contributed by atoms with Gasteiger partial charge < -0.3 is 19.7 Å². The van der Waals surface area contributed by atoms with Crippen LogP contribution >= 0.6 is 0 Å². The lowest BCUT2D eigenvalue weighted by atomic mass is 9.98. The molecule has 2 amide bonds. The average Bonchev–Trinajstić information content (AvgIpc) is 2.73. The molecule has 2 aromatic carbocycles. The second-order valence-electron chi connectivity index (χ2n) is 7.07. The van der Waals surface area contributed by atoms with Gasteiger partial charge in [-0.25, -0.2) is 0 Å². The molecule has 0 saturated carbocycles. The SMILES string of the molecule is COc1ccc(OCC(=O)Nc2cccc(C(=O)N3CCC(C)CC3)c2)cc1. The zero-order chi connectivity index (χ0) is 19.9. The van der Waals surface area contributed by atoms with Crippen molar-refractivity contribution < 1.29 is 19.1 Å². The summed E-state index contributed by atoms with van der Waals surface area (Å²) in [6, 6.07) is 14.1. The molecule has 1 N–H and O–H groups in total. The van der Waals surface area contributed by atoms with Crippen LogP contribution in [0.2, 0.25) is 0 Å². The maximum Gasteiger partial charge on any atom is 0.262 e. The third-order valence-electron chi connectivity index (χ3n) is 4.89. The Morgan fingerprint density at radius 1 is 1.07 bits per heavy atom. The van der Waals surface area contributed by atoms with Gasteiger partial charge in [0.15, 0.2) is 6.61 Å². The van der Waals surface area contributed by atoms with Crippen LogP contribution in [-0.4, -0.2) is 43.5 Å². The van der Waals surface area contributed by atoms with Crippen molar-refractivity contribution in [2.24, 2.45) is 5.92 Å². The van der Waals surface area contributed by atoms with Crippen LogP contribution in [0.5, 0.6) is 11.5 Å². The molecule has 28 heavy (non-hydrogen) atoms. The summed E-state index contributed by atoms with van der Waals surface area (Å²) in [5.41, 5.74) is 1.17. The van der Waals surface area contributed by atoms with E-state index >= 15 is 0 Å². The maximum atomic E-state index is 12.7. The molecular formula is C22H26N2O4. The number of benzene rings is 2. The first-order valence-corrected chi connectivity index (χ1v) is 9.51. The topological polar surface area (TPSA) is 67.9 Å². The van der Waals surface area contributed by atoms with Crippen LogP contribution in [0.4, 0.5) is 5.69 Å². The largest absolute Gasteiger partial charge is 0.497 e. The van der Waals surface area contributed by atoms with Crippen molar-refractivity contribution in [1.82, 2.24) is 4.90 Å². The van der Waals surface area contributed by atoms with Crippen LogP contribution in [0.3, 0.4) is 0 Å². The summed E-state index contributed by atoms with van der Waals surface area (Å²) in [5.74, 6) is 1.70. The van der Waals surface area contributed by atoms with Crippen molar-refractivity contribution >= 4 is 17.5 Å². The second kappa shape index (κ2) is 9.26. The minimum Gasteiger partial charge on any atom is -0.497 e. The number of nitrogens with zero attached hydrogens (tertiary/aromatic N) is 1. The van der Waals surface area contributed by atoms with Crippen molar-refractivity contribution in [1.29, 1.82) is 0 Å². The summed E-state index contributed by atoms with van der Waals surface area (Å²) in [6.07, 6.45) is 2.07. The summed E-state index contributed by atoms with van der Waals surface area (Å²) in [5, 5.41) is 2.78. The number of likely N-dealkylation sites (tertiary alicyclic amines) is 1. The Hall–Kier alpha value is -3.02. The van der Waals surface area contributed by atoms with Gasteiger partial charge >= 0.3 is 0 Å². The van der Waals surface area contributed by atoms with E-state index in [1.807, 2.05) is 4.90 Å². The number of amides is 2. The van der Waals surface area contributed by atoms with E-state index in [4.69, 9.17) is 9.47 Å². The third kappa shape index (κ3) is 5.25. The van der Waals surface area contributed by atoms with E-state index in [9.17, 15) is 9.59 Å². The Bertz CT molecular complexity index is 812. The van der Waals surface area contributed by atoms with Crippen LogP contribution in [0.15, 0.2) is 48.5 Å². The number of carbonyl (C=O) groups excluding carboxylic acids is 2. The van der Waals surface area contributed by atoms with Gasteiger partial charge in [-0.3, -0.25) is 9.59 Å². The van der Waals surface area contributed by atoms with Crippen LogP contribution in [-0.2, 0) is 4.79 Å². The number of nitrogens with one attached hydrogen (secondary N) is 1. The van der Waals surface area contributed by atoms with Gasteiger partial charge in [0.05, 0.1) is 7.11 Å². The van der Waals surface area contributed by atoms with E-state index in [1.54, 1.807) is 55.6 Å². The lowest BCUT2D eigenvalue weighted by Gasteiger charge is -2.30. The summed E-state index contributed by atoms with van der Waals surface area (Å²) in [4.78, 5) is 26.7. The Morgan fingerprint density at radius 2 is 1.75 bits per heavy atom. The molecule has 3 rings (SSSR count). The molecule has 1 heterocycles. The van der Waals surface area contributed by atoms with E-state index in [2.05, 4.69) is 12.2 Å². The predicted octanol–water partition coefficient (Wildman–Crippen LogP) is 3.58. The predicted molar refractivity (Wildman–Crippen MR) is 108 cm³/mol. The summed E-state index contributed by atoms with van der Waals surface area (Å²) >= 11 is 0. The molecule has 0 atom stereocenters. The molecule has 0 aliphatic carbocycles. The van der Waals surface area contributed by atoms with E-state index in [0.29, 0.717) is 22.9 Å². The Labute approximate surface area is 165 Å². The maximum absolute atomic E-state index is 12.7. The molecule has 148 valence electrons. The van der Waals surface area contributed by atoms with E-state index in [1.165, 1.54) is 0 Å². The summed E-state index contributed by atoms with van der Waals surface area (Å²) in [6.45, 7) is 3.67. The van der Waals surface area contributed by atoms with Crippen molar-refractivity contribution in [2.45, 2.75) is 19.8 Å². The number of methoxy groups -OCH3 is 1. The molecule has 0 spiro atoms. The minimum absolute atomic E-state index is 0.0116. The lowest BCUT2D eigenvalue weighted by molar-refractivity contribution is -0.118. The van der Waals surface area contributed by atoms with Gasteiger partial charge in [-0.1, -0.05) is 13.0 Å². The van der Waals surface area contributed by atoms with Gasteiger partial charge in [0.2, 0.25) is 0 Å². The number of hydrogen-bond acceptors (Lipinski definition) is 4. The number of rotatable bonds is 6. The molecule has 1 aliphatic heterocycles. The molecule has 0 aromatic heterocycles. The third-order valence-corrected chi connectivity index (χ3v) is 4.89. The normalized spacial score (nSPS) is 14.4. The fraction of sp³-hybridized carbons (Fsp3) is 0.364. The van der Waals surface area contributed by atoms with Crippen LogP contribution < -0.4 is 14.8 Å². The molecule has 0 bridgehead atoms. The van der Waals surface area contributed by atoms with Crippen molar-refractivity contribution in [2.75, 3.05) is 32.1 Å². The van der Waals surface area contributed by atoms with Gasteiger partial charge in [0.25, 0.3) is 11.8 Å². The molecule has 2 aromatic rings. The Balaban J connectivity index is 1.54. The number of piperidine rings is 1. The molecule has 1 saturated heterocycles. The van der Waals surface area contributed by atoms with Crippen LogP contribution in [0, 0.1) is 5.92 Å². The van der Waals surface area contributed by atoms with E-state index < -0.39 is 0 Å². The van der Waals surface area contributed by atoms with Crippen molar-refractivity contribution in [3.63, 3.8) is 0 Å². The van der Waals surface area contributed by atoms with Gasteiger partial charge in [-0.05, 0) is 61.2 Å². The molecular weight excluding hydrogens is 356 g/mol. The Kier molecular flexibility index (Phi) is 6.53. The molecule has 0 radical (unpaired) electrons. The highest BCUT2D eigenvalue weighted by Gasteiger charge is 2.21. The quantitative estimate of drug-likeness (QED) is 0.829. The standard InChI is InChI=1S/C22H26N2O4/c1-16-10-12-24(13-11-16)22(26)17-4-3-5-18(14-17)23-21(25)15-28-20-8-6-19(27-2)7-9-20/h3-9,14,16H,10-13,15H2,1-2H3,(H,23,25). The van der Waals surface area contributed by atoms with Gasteiger partial charge in [-0.15, -0.1) is 0 Å². The van der Waals surface area contributed by atoms with Crippen LogP contribution in [0.25, 0.3) is 0 Å². The number of hydrogen-bond donors (Lipinski definition) is 1. The average molecular weight is 382 g/mol. The minimum atomic E-state index is -0.285. The van der Waals surface area contributed by atoms with Gasteiger partial charge in [0, 0.05) is 24.3 Å². The lowest BCUT2D eigenvalue weighted by Crippen LogP contribution is -2.37. The highest BCUT2D eigenvalue weighted by molar-refractivity contribution is 5.97. The monoisotopic (exact) mass is 382 g/mol. The Morgan fingerprint density at radius 3 is 2.43 bits per heavy atom. The summed E-state index contributed by atoms with van der Waals surface area (Å²) < 4.78 is 10.6. The summed E-state index contributed by atoms with van der Waals surface area (Å²) in [7, 11) is 1.59. The number of anilines is 1. The smallest absolute Gasteiger partial charge is 0.262 e. The fourth-order valence-electron chi connectivity index (χ4n) is 3.14. The fourth-order valence-corrected chi connectivity index (χ4v) is 3.14. The van der Waals surface area contributed by atoms with Crippen molar-refractivity contribution in [3.8, 4) is 11.5 Å². The van der Waals surface area contributed by atoms with E-state index in [-0.39, 0.29) is 18.4 Å². The first kappa shape index (κ1) is 19.7. The highest BCUT2D eigenvalue weighted by Crippen LogP contribution is 2.20. The first-order valence-electron chi connectivity index (χ1n) is 9.51. The van der Waals surface area contributed by atoms with E-state index in [0.717, 1.165) is 31.7 Å². The van der Waals surface area contributed by atoms with Crippen molar-refractivity contribution in [3.05, 3.63) is 54.1 Å². The molecule has 1 aliphatic rings.